The predicted molar refractivity (Wildman–Crippen MR) is 58.4 cm³/mol. The highest BCUT2D eigenvalue weighted by Gasteiger charge is 2.28. The third kappa shape index (κ3) is 3.02. The minimum atomic E-state index is -4.56. The normalized spacial score (nSPS) is 13.3. The molecular formula is C10H11F2NO4S. The maximum Gasteiger partial charge on any atom is 0.321 e. The van der Waals surface area contributed by atoms with Crippen LogP contribution in [0.4, 0.5) is 8.78 Å². The second-order valence-electron chi connectivity index (χ2n) is 3.47. The Morgan fingerprint density at radius 3 is 2.28 bits per heavy atom. The molecule has 5 nitrogen and oxygen atoms in total. The number of carbonyl (C=O) groups is 1. The summed E-state index contributed by atoms with van der Waals surface area (Å²) in [5.41, 5.74) is 0. The average molecular weight is 279 g/mol. The van der Waals surface area contributed by atoms with Gasteiger partial charge in [0.2, 0.25) is 10.0 Å². The first-order valence-corrected chi connectivity index (χ1v) is 6.47. The monoisotopic (exact) mass is 279 g/mol. The minimum Gasteiger partial charge on any atom is -0.480 e. The van der Waals surface area contributed by atoms with Gasteiger partial charge in [0, 0.05) is 0 Å². The molecule has 100 valence electrons. The summed E-state index contributed by atoms with van der Waals surface area (Å²) in [6.45, 7) is 1.43. The van der Waals surface area contributed by atoms with Gasteiger partial charge in [-0.05, 0) is 18.6 Å². The zero-order valence-corrected chi connectivity index (χ0v) is 10.2. The van der Waals surface area contributed by atoms with Gasteiger partial charge in [-0.3, -0.25) is 4.79 Å². The van der Waals surface area contributed by atoms with Crippen LogP contribution in [-0.4, -0.2) is 25.5 Å². The van der Waals surface area contributed by atoms with Crippen molar-refractivity contribution in [3.8, 4) is 0 Å². The SMILES string of the molecule is CC[C@H](NS(=O)(=O)c1c(F)cccc1F)C(=O)O. The van der Waals surface area contributed by atoms with Crippen LogP contribution in [0.3, 0.4) is 0 Å². The second-order valence-corrected chi connectivity index (χ2v) is 5.12. The summed E-state index contributed by atoms with van der Waals surface area (Å²) >= 11 is 0. The molecular weight excluding hydrogens is 268 g/mol. The van der Waals surface area contributed by atoms with Gasteiger partial charge < -0.3 is 5.11 Å². The first-order chi connectivity index (χ1) is 8.29. The molecule has 0 fully saturated rings. The third-order valence-corrected chi connectivity index (χ3v) is 3.71. The van der Waals surface area contributed by atoms with Gasteiger partial charge in [0.15, 0.2) is 4.90 Å². The van der Waals surface area contributed by atoms with Gasteiger partial charge in [0.05, 0.1) is 0 Å². The number of carboxylic acid groups (broad SMARTS) is 1. The van der Waals surface area contributed by atoms with E-state index in [4.69, 9.17) is 5.11 Å². The molecule has 1 aromatic carbocycles. The Hall–Kier alpha value is -1.54. The Balaban J connectivity index is 3.19. The maximum atomic E-state index is 13.3. The van der Waals surface area contributed by atoms with E-state index in [-0.39, 0.29) is 6.42 Å². The molecule has 0 saturated carbocycles. The Morgan fingerprint density at radius 1 is 1.39 bits per heavy atom. The van der Waals surface area contributed by atoms with E-state index in [1.165, 1.54) is 6.92 Å². The van der Waals surface area contributed by atoms with Gasteiger partial charge in [0.1, 0.15) is 17.7 Å². The highest BCUT2D eigenvalue weighted by atomic mass is 32.2. The van der Waals surface area contributed by atoms with Gasteiger partial charge in [-0.25, -0.2) is 17.2 Å². The van der Waals surface area contributed by atoms with Crippen LogP contribution in [-0.2, 0) is 14.8 Å². The van der Waals surface area contributed by atoms with Crippen LogP contribution < -0.4 is 4.72 Å². The van der Waals surface area contributed by atoms with Crippen LogP contribution in [0.1, 0.15) is 13.3 Å². The molecule has 1 aromatic rings. The van der Waals surface area contributed by atoms with Crippen LogP contribution >= 0.6 is 0 Å². The Labute approximate surface area is 102 Å². The van der Waals surface area contributed by atoms with Gasteiger partial charge in [-0.2, -0.15) is 4.72 Å². The number of nitrogens with one attached hydrogen (secondary N) is 1. The average Bonchev–Trinajstić information content (AvgIpc) is 2.25. The van der Waals surface area contributed by atoms with Gasteiger partial charge in [0.25, 0.3) is 0 Å². The van der Waals surface area contributed by atoms with Crippen molar-refractivity contribution in [2.45, 2.75) is 24.3 Å². The summed E-state index contributed by atoms with van der Waals surface area (Å²) in [5.74, 6) is -3.97. The molecule has 0 heterocycles. The Morgan fingerprint density at radius 2 is 1.89 bits per heavy atom. The van der Waals surface area contributed by atoms with Crippen molar-refractivity contribution >= 4 is 16.0 Å². The van der Waals surface area contributed by atoms with Gasteiger partial charge in [-0.1, -0.05) is 13.0 Å². The van der Waals surface area contributed by atoms with Crippen LogP contribution in [0.2, 0.25) is 0 Å². The number of hydrogen-bond acceptors (Lipinski definition) is 3. The van der Waals surface area contributed by atoms with E-state index in [0.29, 0.717) is 0 Å². The minimum absolute atomic E-state index is 0.0510. The van der Waals surface area contributed by atoms with E-state index in [1.807, 2.05) is 0 Å². The molecule has 18 heavy (non-hydrogen) atoms. The number of sulfonamides is 1. The first kappa shape index (κ1) is 14.5. The van der Waals surface area contributed by atoms with E-state index < -0.39 is 38.6 Å². The van der Waals surface area contributed by atoms with Crippen molar-refractivity contribution < 1.29 is 27.1 Å². The van der Waals surface area contributed by atoms with E-state index in [2.05, 4.69) is 0 Å². The molecule has 0 amide bonds. The summed E-state index contributed by atoms with van der Waals surface area (Å²) in [6.07, 6.45) is -0.0510. The van der Waals surface area contributed by atoms with Gasteiger partial charge >= 0.3 is 5.97 Å². The molecule has 0 aliphatic carbocycles. The quantitative estimate of drug-likeness (QED) is 0.845. The molecule has 0 radical (unpaired) electrons. The van der Waals surface area contributed by atoms with Gasteiger partial charge in [-0.15, -0.1) is 0 Å². The number of carboxylic acids is 1. The highest BCUT2D eigenvalue weighted by Crippen LogP contribution is 2.18. The molecule has 8 heteroatoms. The fourth-order valence-corrected chi connectivity index (χ4v) is 2.70. The predicted octanol–water partition coefficient (Wildman–Crippen LogP) is 1.11. The topological polar surface area (TPSA) is 83.5 Å². The number of hydrogen-bond donors (Lipinski definition) is 2. The third-order valence-electron chi connectivity index (χ3n) is 2.19. The fraction of sp³-hybridized carbons (Fsp3) is 0.300. The summed E-state index contributed by atoms with van der Waals surface area (Å²) < 4.78 is 51.7. The molecule has 0 aliphatic heterocycles. The highest BCUT2D eigenvalue weighted by molar-refractivity contribution is 7.89. The molecule has 1 rings (SSSR count). The number of aliphatic carboxylic acids is 1. The number of halogens is 2. The molecule has 2 N–H and O–H groups in total. The van der Waals surface area contributed by atoms with Crippen LogP contribution in [0.25, 0.3) is 0 Å². The van der Waals surface area contributed by atoms with Crippen molar-refractivity contribution in [3.05, 3.63) is 29.8 Å². The number of benzene rings is 1. The summed E-state index contributed by atoms with van der Waals surface area (Å²) in [6, 6.07) is 1.13. The van der Waals surface area contributed by atoms with Crippen molar-refractivity contribution in [1.82, 2.24) is 4.72 Å². The lowest BCUT2D eigenvalue weighted by atomic mass is 10.2. The lowest BCUT2D eigenvalue weighted by molar-refractivity contribution is -0.139. The summed E-state index contributed by atoms with van der Waals surface area (Å²) in [5, 5.41) is 8.71. The molecule has 0 saturated heterocycles. The molecule has 0 aliphatic rings. The van der Waals surface area contributed by atoms with E-state index in [1.54, 1.807) is 4.72 Å². The molecule has 0 aromatic heterocycles. The lowest BCUT2D eigenvalue weighted by Gasteiger charge is -2.13. The molecule has 0 unspecified atom stereocenters. The van der Waals surface area contributed by atoms with Crippen LogP contribution in [0.5, 0.6) is 0 Å². The molecule has 0 spiro atoms. The van der Waals surface area contributed by atoms with E-state index in [0.717, 1.165) is 18.2 Å². The standard InChI is InChI=1S/C10H11F2NO4S/c1-2-8(10(14)15)13-18(16,17)9-6(11)4-3-5-7(9)12/h3-5,8,13H,2H2,1H3,(H,14,15)/t8-/m0/s1. The van der Waals surface area contributed by atoms with Crippen molar-refractivity contribution in [3.63, 3.8) is 0 Å². The molecule has 1 atom stereocenters. The smallest absolute Gasteiger partial charge is 0.321 e. The Kier molecular flexibility index (Phi) is 4.36. The molecule has 0 bridgehead atoms. The second kappa shape index (κ2) is 5.40. The Bertz CT molecular complexity index is 539. The van der Waals surface area contributed by atoms with E-state index >= 15 is 0 Å². The zero-order chi connectivity index (χ0) is 13.9. The zero-order valence-electron chi connectivity index (χ0n) is 9.35. The summed E-state index contributed by atoms with van der Waals surface area (Å²) in [7, 11) is -4.56. The van der Waals surface area contributed by atoms with Crippen molar-refractivity contribution in [2.24, 2.45) is 0 Å². The maximum absolute atomic E-state index is 13.3. The first-order valence-electron chi connectivity index (χ1n) is 4.98. The van der Waals surface area contributed by atoms with Crippen LogP contribution in [0, 0.1) is 11.6 Å². The fourth-order valence-electron chi connectivity index (χ4n) is 1.29. The number of rotatable bonds is 5. The van der Waals surface area contributed by atoms with Crippen molar-refractivity contribution in [2.75, 3.05) is 0 Å². The van der Waals surface area contributed by atoms with Crippen molar-refractivity contribution in [1.29, 1.82) is 0 Å². The van der Waals surface area contributed by atoms with Crippen LogP contribution in [0.15, 0.2) is 23.1 Å². The van der Waals surface area contributed by atoms with E-state index in [9.17, 15) is 22.0 Å². The summed E-state index contributed by atoms with van der Waals surface area (Å²) in [4.78, 5) is 9.52. The lowest BCUT2D eigenvalue weighted by Crippen LogP contribution is -2.40. The largest absolute Gasteiger partial charge is 0.480 e.